The molecule has 1 aromatic rings. The smallest absolute Gasteiger partial charge is 0.247 e. The van der Waals surface area contributed by atoms with Gasteiger partial charge in [0.15, 0.2) is 0 Å². The van der Waals surface area contributed by atoms with Crippen molar-refractivity contribution in [2.24, 2.45) is 0 Å². The Hall–Kier alpha value is -0.920. The van der Waals surface area contributed by atoms with Gasteiger partial charge in [0.2, 0.25) is 10.0 Å². The van der Waals surface area contributed by atoms with E-state index in [-0.39, 0.29) is 12.1 Å². The predicted molar refractivity (Wildman–Crippen MR) is 76.0 cm³/mol. The van der Waals surface area contributed by atoms with Crippen molar-refractivity contribution >= 4 is 10.0 Å². The molecule has 0 aromatic carbocycles. The first kappa shape index (κ1) is 15.5. The average Bonchev–Trinajstić information content (AvgIpc) is 2.80. The number of hydrogen-bond acceptors (Lipinski definition) is 4. The van der Waals surface area contributed by atoms with Gasteiger partial charge in [-0.05, 0) is 40.5 Å². The maximum atomic E-state index is 12.9. The minimum Gasteiger partial charge on any atom is -0.394 e. The van der Waals surface area contributed by atoms with Crippen LogP contribution in [0.4, 0.5) is 0 Å². The summed E-state index contributed by atoms with van der Waals surface area (Å²) in [4.78, 5) is 0.293. The van der Waals surface area contributed by atoms with Crippen LogP contribution in [0.5, 0.6) is 0 Å². The van der Waals surface area contributed by atoms with Gasteiger partial charge in [-0.2, -0.15) is 9.40 Å². The molecule has 1 fully saturated rings. The first-order chi connectivity index (χ1) is 9.21. The van der Waals surface area contributed by atoms with Gasteiger partial charge in [-0.15, -0.1) is 0 Å². The molecule has 1 N–H and O–H groups in total. The molecule has 114 valence electrons. The number of aromatic nitrogens is 2. The van der Waals surface area contributed by atoms with Crippen molar-refractivity contribution < 1.29 is 13.5 Å². The van der Waals surface area contributed by atoms with Crippen LogP contribution in [0.15, 0.2) is 4.90 Å². The van der Waals surface area contributed by atoms with E-state index in [0.29, 0.717) is 29.4 Å². The van der Waals surface area contributed by atoms with E-state index < -0.39 is 10.0 Å². The predicted octanol–water partition coefficient (Wildman–Crippen LogP) is 1.06. The van der Waals surface area contributed by atoms with E-state index in [1.807, 2.05) is 13.8 Å². The quantitative estimate of drug-likeness (QED) is 0.902. The maximum absolute atomic E-state index is 12.9. The zero-order chi connectivity index (χ0) is 15.1. The van der Waals surface area contributed by atoms with E-state index in [9.17, 15) is 8.42 Å². The summed E-state index contributed by atoms with van der Waals surface area (Å²) in [5, 5.41) is 13.3. The highest BCUT2D eigenvalue weighted by atomic mass is 32.2. The van der Waals surface area contributed by atoms with Crippen LogP contribution < -0.4 is 0 Å². The molecule has 0 radical (unpaired) electrons. The van der Waals surface area contributed by atoms with Crippen LogP contribution in [0.1, 0.15) is 38.1 Å². The van der Waals surface area contributed by atoms with Crippen LogP contribution in [0, 0.1) is 13.8 Å². The highest BCUT2D eigenvalue weighted by Crippen LogP contribution is 2.35. The number of aliphatic hydroxyl groups is 1. The number of rotatable bonds is 4. The Bertz CT molecular complexity index is 605. The van der Waals surface area contributed by atoms with Gasteiger partial charge in [0, 0.05) is 12.1 Å². The van der Waals surface area contributed by atoms with Crippen molar-refractivity contribution in [1.82, 2.24) is 14.1 Å². The van der Waals surface area contributed by atoms with Crippen molar-refractivity contribution in [3.8, 4) is 0 Å². The van der Waals surface area contributed by atoms with E-state index >= 15 is 0 Å². The van der Waals surface area contributed by atoms with E-state index in [1.165, 1.54) is 0 Å². The van der Waals surface area contributed by atoms with Crippen LogP contribution >= 0.6 is 0 Å². The molecule has 0 bridgehead atoms. The normalized spacial score (nSPS) is 19.6. The number of aliphatic hydroxyl groups excluding tert-OH is 1. The molecule has 20 heavy (non-hydrogen) atoms. The standard InChI is InChI=1S/C13H23N3O3S/c1-10-12(11(2)15(14-10)8-9-17)20(18,19)16-7-5-6-13(16,3)4/h17H,5-9H2,1-4H3. The lowest BCUT2D eigenvalue weighted by molar-refractivity contribution is 0.267. The third-order valence-corrected chi connectivity index (χ3v) is 6.36. The Balaban J connectivity index is 2.50. The zero-order valence-electron chi connectivity index (χ0n) is 12.5. The fourth-order valence-electron chi connectivity index (χ4n) is 3.00. The molecule has 1 aliphatic heterocycles. The lowest BCUT2D eigenvalue weighted by Crippen LogP contribution is -2.42. The first-order valence-corrected chi connectivity index (χ1v) is 8.33. The van der Waals surface area contributed by atoms with Crippen molar-refractivity contribution in [2.45, 2.75) is 57.5 Å². The second kappa shape index (κ2) is 5.13. The summed E-state index contributed by atoms with van der Waals surface area (Å²) in [6, 6.07) is 0. The second-order valence-electron chi connectivity index (χ2n) is 5.94. The van der Waals surface area contributed by atoms with Crippen LogP contribution in [-0.2, 0) is 16.6 Å². The van der Waals surface area contributed by atoms with E-state index in [4.69, 9.17) is 5.11 Å². The molecular weight excluding hydrogens is 278 g/mol. The van der Waals surface area contributed by atoms with Crippen LogP contribution in [0.2, 0.25) is 0 Å². The minimum atomic E-state index is -3.54. The van der Waals surface area contributed by atoms with Crippen molar-refractivity contribution in [3.63, 3.8) is 0 Å². The summed E-state index contributed by atoms with van der Waals surface area (Å²) in [5.41, 5.74) is 0.745. The molecule has 7 heteroatoms. The average molecular weight is 301 g/mol. The summed E-state index contributed by atoms with van der Waals surface area (Å²) >= 11 is 0. The van der Waals surface area contributed by atoms with Gasteiger partial charge in [0.1, 0.15) is 4.90 Å². The Labute approximate surface area is 120 Å². The number of aryl methyl sites for hydroxylation is 1. The fraction of sp³-hybridized carbons (Fsp3) is 0.769. The van der Waals surface area contributed by atoms with Gasteiger partial charge in [0.05, 0.1) is 24.5 Å². The largest absolute Gasteiger partial charge is 0.394 e. The molecule has 2 heterocycles. The highest BCUT2D eigenvalue weighted by Gasteiger charge is 2.42. The number of nitrogens with zero attached hydrogens (tertiary/aromatic N) is 3. The Morgan fingerprint density at radius 2 is 2.00 bits per heavy atom. The summed E-state index contributed by atoms with van der Waals surface area (Å²) < 4.78 is 29.0. The summed E-state index contributed by atoms with van der Waals surface area (Å²) in [7, 11) is -3.54. The van der Waals surface area contributed by atoms with Crippen LogP contribution in [0.3, 0.4) is 0 Å². The van der Waals surface area contributed by atoms with Gasteiger partial charge >= 0.3 is 0 Å². The van der Waals surface area contributed by atoms with E-state index in [1.54, 1.807) is 22.8 Å². The van der Waals surface area contributed by atoms with Gasteiger partial charge in [-0.3, -0.25) is 4.68 Å². The Morgan fingerprint density at radius 3 is 2.50 bits per heavy atom. The van der Waals surface area contributed by atoms with Crippen molar-refractivity contribution in [1.29, 1.82) is 0 Å². The van der Waals surface area contributed by atoms with E-state index in [0.717, 1.165) is 12.8 Å². The monoisotopic (exact) mass is 301 g/mol. The number of hydrogen-bond donors (Lipinski definition) is 1. The molecule has 1 aliphatic rings. The lowest BCUT2D eigenvalue weighted by atomic mass is 10.0. The molecule has 6 nitrogen and oxygen atoms in total. The maximum Gasteiger partial charge on any atom is 0.247 e. The van der Waals surface area contributed by atoms with Crippen LogP contribution in [-0.4, -0.2) is 46.3 Å². The van der Waals surface area contributed by atoms with Gasteiger partial charge in [-0.25, -0.2) is 8.42 Å². The molecule has 0 saturated carbocycles. The molecule has 1 saturated heterocycles. The molecular formula is C13H23N3O3S. The molecule has 1 aromatic heterocycles. The third kappa shape index (κ3) is 2.38. The minimum absolute atomic E-state index is 0.0589. The zero-order valence-corrected chi connectivity index (χ0v) is 13.4. The summed E-state index contributed by atoms with van der Waals surface area (Å²) in [6.45, 7) is 8.17. The molecule has 0 aliphatic carbocycles. The van der Waals surface area contributed by atoms with E-state index in [2.05, 4.69) is 5.10 Å². The molecule has 2 rings (SSSR count). The van der Waals surface area contributed by atoms with Gasteiger partial charge in [0.25, 0.3) is 0 Å². The Morgan fingerprint density at radius 1 is 1.35 bits per heavy atom. The van der Waals surface area contributed by atoms with Crippen LogP contribution in [0.25, 0.3) is 0 Å². The van der Waals surface area contributed by atoms with Crippen molar-refractivity contribution in [2.75, 3.05) is 13.2 Å². The fourth-order valence-corrected chi connectivity index (χ4v) is 5.23. The second-order valence-corrected chi connectivity index (χ2v) is 7.74. The topological polar surface area (TPSA) is 75.4 Å². The van der Waals surface area contributed by atoms with Gasteiger partial charge < -0.3 is 5.11 Å². The summed E-state index contributed by atoms with van der Waals surface area (Å²) in [6.07, 6.45) is 1.75. The van der Waals surface area contributed by atoms with Crippen molar-refractivity contribution in [3.05, 3.63) is 11.4 Å². The van der Waals surface area contributed by atoms with Gasteiger partial charge in [-0.1, -0.05) is 0 Å². The SMILES string of the molecule is Cc1nn(CCO)c(C)c1S(=O)(=O)N1CCCC1(C)C. The molecule has 0 spiro atoms. The Kier molecular flexibility index (Phi) is 3.96. The third-order valence-electron chi connectivity index (χ3n) is 4.00. The first-order valence-electron chi connectivity index (χ1n) is 6.89. The molecule has 0 amide bonds. The highest BCUT2D eigenvalue weighted by molar-refractivity contribution is 7.89. The molecule has 0 unspecified atom stereocenters. The summed E-state index contributed by atoms with van der Waals surface area (Å²) in [5.74, 6) is 0. The lowest BCUT2D eigenvalue weighted by Gasteiger charge is -2.30. The number of sulfonamides is 1. The molecule has 0 atom stereocenters.